The second-order valence-electron chi connectivity index (χ2n) is 4.78. The number of hydrogen-bond donors (Lipinski definition) is 2. The summed E-state index contributed by atoms with van der Waals surface area (Å²) in [7, 11) is 1.61. The average Bonchev–Trinajstić information content (AvgIpc) is 2.40. The van der Waals surface area contributed by atoms with Gasteiger partial charge in [-0.3, -0.25) is 0 Å². The average molecular weight is 252 g/mol. The third kappa shape index (κ3) is 3.68. The van der Waals surface area contributed by atoms with Crippen LogP contribution in [-0.4, -0.2) is 26.7 Å². The van der Waals surface area contributed by atoms with Crippen molar-refractivity contribution >= 4 is 0 Å². The number of hydrogen-bond acceptors (Lipinski definition) is 3. The summed E-state index contributed by atoms with van der Waals surface area (Å²) in [4.78, 5) is 0. The lowest BCUT2D eigenvalue weighted by molar-refractivity contribution is 0.354. The topological polar surface area (TPSA) is 33.3 Å². The normalized spacial score (nSPS) is 16.8. The van der Waals surface area contributed by atoms with Gasteiger partial charge in [0.25, 0.3) is 0 Å². The Morgan fingerprint density at radius 2 is 2.17 bits per heavy atom. The van der Waals surface area contributed by atoms with Crippen molar-refractivity contribution in [1.29, 1.82) is 0 Å². The van der Waals surface area contributed by atoms with Gasteiger partial charge < -0.3 is 15.4 Å². The van der Waals surface area contributed by atoms with E-state index >= 15 is 0 Å². The zero-order chi connectivity index (χ0) is 12.8. The number of benzene rings is 1. The predicted octanol–water partition coefficient (Wildman–Crippen LogP) is 1.92. The van der Waals surface area contributed by atoms with Crippen molar-refractivity contribution < 1.29 is 9.13 Å². The zero-order valence-electron chi connectivity index (χ0n) is 10.8. The first-order chi connectivity index (χ1) is 8.79. The van der Waals surface area contributed by atoms with Gasteiger partial charge in [0.15, 0.2) is 0 Å². The molecule has 1 heterocycles. The van der Waals surface area contributed by atoms with Crippen molar-refractivity contribution in [2.45, 2.75) is 19.4 Å². The first kappa shape index (κ1) is 13.3. The standard InChI is InChI=1S/C14H21FN2O/c1-18-14-3-2-13(15)8-12(14)10-17-9-11-4-6-16-7-5-11/h2-3,8,11,16-17H,4-7,9-10H2,1H3. The molecule has 0 radical (unpaired) electrons. The summed E-state index contributed by atoms with van der Waals surface area (Å²) in [5, 5.41) is 6.75. The van der Waals surface area contributed by atoms with E-state index in [-0.39, 0.29) is 5.82 Å². The predicted molar refractivity (Wildman–Crippen MR) is 70.3 cm³/mol. The van der Waals surface area contributed by atoms with Gasteiger partial charge in [-0.25, -0.2) is 4.39 Å². The third-order valence-corrected chi connectivity index (χ3v) is 3.45. The molecule has 100 valence electrons. The monoisotopic (exact) mass is 252 g/mol. The molecule has 1 saturated heterocycles. The van der Waals surface area contributed by atoms with E-state index in [1.807, 2.05) is 0 Å². The van der Waals surface area contributed by atoms with E-state index in [0.717, 1.165) is 36.9 Å². The van der Waals surface area contributed by atoms with Crippen molar-refractivity contribution in [3.05, 3.63) is 29.6 Å². The van der Waals surface area contributed by atoms with Crippen molar-refractivity contribution in [2.24, 2.45) is 5.92 Å². The van der Waals surface area contributed by atoms with Crippen LogP contribution in [0.1, 0.15) is 18.4 Å². The minimum absolute atomic E-state index is 0.213. The highest BCUT2D eigenvalue weighted by Gasteiger charge is 2.12. The fraction of sp³-hybridized carbons (Fsp3) is 0.571. The molecule has 1 aliphatic heterocycles. The van der Waals surface area contributed by atoms with Crippen LogP contribution in [0.3, 0.4) is 0 Å². The van der Waals surface area contributed by atoms with Gasteiger partial charge in [-0.1, -0.05) is 0 Å². The van der Waals surface area contributed by atoms with Crippen LogP contribution in [0.2, 0.25) is 0 Å². The second kappa shape index (κ2) is 6.71. The highest BCUT2D eigenvalue weighted by Crippen LogP contribution is 2.19. The molecular formula is C14H21FN2O. The Morgan fingerprint density at radius 3 is 2.89 bits per heavy atom. The quantitative estimate of drug-likeness (QED) is 0.840. The minimum atomic E-state index is -0.213. The highest BCUT2D eigenvalue weighted by atomic mass is 19.1. The maximum absolute atomic E-state index is 13.2. The third-order valence-electron chi connectivity index (χ3n) is 3.45. The number of nitrogens with one attached hydrogen (secondary N) is 2. The van der Waals surface area contributed by atoms with Crippen LogP contribution >= 0.6 is 0 Å². The number of piperidine rings is 1. The number of rotatable bonds is 5. The number of halogens is 1. The molecule has 1 aliphatic rings. The van der Waals surface area contributed by atoms with Crippen molar-refractivity contribution in [3.8, 4) is 5.75 Å². The van der Waals surface area contributed by atoms with Crippen LogP contribution in [0.25, 0.3) is 0 Å². The molecule has 2 rings (SSSR count). The molecular weight excluding hydrogens is 231 g/mol. The van der Waals surface area contributed by atoms with E-state index in [9.17, 15) is 4.39 Å². The Kier molecular flexibility index (Phi) is 4.96. The van der Waals surface area contributed by atoms with Crippen molar-refractivity contribution in [1.82, 2.24) is 10.6 Å². The molecule has 0 saturated carbocycles. The Labute approximate surface area is 108 Å². The van der Waals surface area contributed by atoms with Gasteiger partial charge in [0.05, 0.1) is 7.11 Å². The summed E-state index contributed by atoms with van der Waals surface area (Å²) < 4.78 is 18.4. The Hall–Kier alpha value is -1.13. The van der Waals surface area contributed by atoms with E-state index < -0.39 is 0 Å². The van der Waals surface area contributed by atoms with Crippen LogP contribution in [0.15, 0.2) is 18.2 Å². The summed E-state index contributed by atoms with van der Waals surface area (Å²) in [6, 6.07) is 4.64. The van der Waals surface area contributed by atoms with E-state index in [4.69, 9.17) is 4.74 Å². The van der Waals surface area contributed by atoms with Crippen molar-refractivity contribution in [3.63, 3.8) is 0 Å². The zero-order valence-corrected chi connectivity index (χ0v) is 10.8. The molecule has 2 N–H and O–H groups in total. The fourth-order valence-corrected chi connectivity index (χ4v) is 2.38. The summed E-state index contributed by atoms with van der Waals surface area (Å²) in [6.07, 6.45) is 2.43. The Morgan fingerprint density at radius 1 is 1.39 bits per heavy atom. The molecule has 1 aromatic rings. The van der Waals surface area contributed by atoms with Gasteiger partial charge in [0, 0.05) is 12.1 Å². The van der Waals surface area contributed by atoms with Gasteiger partial charge in [0.2, 0.25) is 0 Å². The minimum Gasteiger partial charge on any atom is -0.496 e. The van der Waals surface area contributed by atoms with Crippen LogP contribution in [-0.2, 0) is 6.54 Å². The lowest BCUT2D eigenvalue weighted by Gasteiger charge is -2.23. The lowest BCUT2D eigenvalue weighted by atomic mass is 9.98. The summed E-state index contributed by atoms with van der Waals surface area (Å²) in [5.74, 6) is 1.26. The smallest absolute Gasteiger partial charge is 0.123 e. The van der Waals surface area contributed by atoms with Crippen LogP contribution in [0.5, 0.6) is 5.75 Å². The first-order valence-corrected chi connectivity index (χ1v) is 6.53. The van der Waals surface area contributed by atoms with Gasteiger partial charge in [0.1, 0.15) is 11.6 Å². The molecule has 0 aromatic heterocycles. The SMILES string of the molecule is COc1ccc(F)cc1CNCC1CCNCC1. The molecule has 0 amide bonds. The molecule has 0 bridgehead atoms. The second-order valence-corrected chi connectivity index (χ2v) is 4.78. The maximum atomic E-state index is 13.2. The van der Waals surface area contributed by atoms with Gasteiger partial charge in [-0.2, -0.15) is 0 Å². The summed E-state index contributed by atoms with van der Waals surface area (Å²) in [6.45, 7) is 3.86. The molecule has 1 aromatic carbocycles. The molecule has 4 heteroatoms. The van der Waals surface area contributed by atoms with E-state index in [2.05, 4.69) is 10.6 Å². The van der Waals surface area contributed by atoms with Gasteiger partial charge in [-0.05, 0) is 56.6 Å². The summed E-state index contributed by atoms with van der Waals surface area (Å²) >= 11 is 0. The Balaban J connectivity index is 1.83. The molecule has 0 unspecified atom stereocenters. The van der Waals surface area contributed by atoms with Crippen LogP contribution in [0.4, 0.5) is 4.39 Å². The molecule has 0 aliphatic carbocycles. The first-order valence-electron chi connectivity index (χ1n) is 6.53. The lowest BCUT2D eigenvalue weighted by Crippen LogP contribution is -2.33. The van der Waals surface area contributed by atoms with E-state index in [0.29, 0.717) is 6.54 Å². The Bertz CT molecular complexity index is 378. The molecule has 18 heavy (non-hydrogen) atoms. The fourth-order valence-electron chi connectivity index (χ4n) is 2.38. The van der Waals surface area contributed by atoms with Gasteiger partial charge in [-0.15, -0.1) is 0 Å². The van der Waals surface area contributed by atoms with Crippen LogP contribution < -0.4 is 15.4 Å². The van der Waals surface area contributed by atoms with Crippen molar-refractivity contribution in [2.75, 3.05) is 26.7 Å². The molecule has 0 spiro atoms. The summed E-state index contributed by atoms with van der Waals surface area (Å²) in [5.41, 5.74) is 0.881. The number of ether oxygens (including phenoxy) is 1. The molecule has 3 nitrogen and oxygen atoms in total. The maximum Gasteiger partial charge on any atom is 0.123 e. The van der Waals surface area contributed by atoms with Crippen LogP contribution in [0, 0.1) is 11.7 Å². The van der Waals surface area contributed by atoms with Gasteiger partial charge >= 0.3 is 0 Å². The molecule has 0 atom stereocenters. The largest absolute Gasteiger partial charge is 0.496 e. The highest BCUT2D eigenvalue weighted by molar-refractivity contribution is 5.33. The number of methoxy groups -OCH3 is 1. The van der Waals surface area contributed by atoms with E-state index in [1.165, 1.54) is 25.0 Å². The molecule has 1 fully saturated rings. The van der Waals surface area contributed by atoms with E-state index in [1.54, 1.807) is 13.2 Å².